The predicted molar refractivity (Wildman–Crippen MR) is 111 cm³/mol. The van der Waals surface area contributed by atoms with E-state index in [2.05, 4.69) is 10.1 Å². The Morgan fingerprint density at radius 1 is 1.03 bits per heavy atom. The van der Waals surface area contributed by atoms with Crippen molar-refractivity contribution in [2.24, 2.45) is 5.73 Å². The van der Waals surface area contributed by atoms with Crippen LogP contribution in [0.3, 0.4) is 0 Å². The second-order valence-electron chi connectivity index (χ2n) is 8.01. The van der Waals surface area contributed by atoms with Gasteiger partial charge in [-0.3, -0.25) is 9.59 Å². The largest absolute Gasteiger partial charge is 0.480 e. The van der Waals surface area contributed by atoms with E-state index < -0.39 is 59.3 Å². The minimum absolute atomic E-state index is 0.00233. The topological polar surface area (TPSA) is 123 Å². The Bertz CT molecular complexity index is 1300. The van der Waals surface area contributed by atoms with E-state index in [9.17, 15) is 35.9 Å². The molecule has 1 amide bonds. The molecule has 0 aliphatic carbocycles. The molecule has 1 aliphatic heterocycles. The summed E-state index contributed by atoms with van der Waals surface area (Å²) in [6, 6.07) is 4.25. The lowest BCUT2D eigenvalue weighted by Crippen LogP contribution is -2.38. The number of hydrogen-bond acceptors (Lipinski definition) is 6. The van der Waals surface area contributed by atoms with Crippen LogP contribution >= 0.6 is 0 Å². The van der Waals surface area contributed by atoms with Crippen LogP contribution in [0.1, 0.15) is 23.1 Å². The van der Waals surface area contributed by atoms with Gasteiger partial charge >= 0.3 is 18.3 Å². The van der Waals surface area contributed by atoms with E-state index in [-0.39, 0.29) is 18.4 Å². The number of hydrogen-bond donors (Lipinski definition) is 2. The third-order valence-corrected chi connectivity index (χ3v) is 5.51. The number of carbonyl (C=O) groups is 2. The molecule has 1 atom stereocenters. The molecule has 2 aromatic carbocycles. The van der Waals surface area contributed by atoms with E-state index in [1.54, 1.807) is 12.1 Å². The number of nitrogens with two attached hydrogens (primary N) is 1. The van der Waals surface area contributed by atoms with Gasteiger partial charge in [0.05, 0.1) is 17.5 Å². The highest BCUT2D eigenvalue weighted by atomic mass is 19.4. The summed E-state index contributed by atoms with van der Waals surface area (Å²) in [6.07, 6.45) is -10.1. The van der Waals surface area contributed by atoms with Crippen LogP contribution in [0, 0.1) is 0 Å². The molecule has 2 heterocycles. The number of aliphatic carboxylic acids is 1. The Morgan fingerprint density at radius 3 is 2.25 bits per heavy atom. The third-order valence-electron chi connectivity index (χ3n) is 5.51. The van der Waals surface area contributed by atoms with Gasteiger partial charge in [-0.05, 0) is 48.4 Å². The van der Waals surface area contributed by atoms with Gasteiger partial charge in [0.25, 0.3) is 5.89 Å². The molecule has 0 radical (unpaired) electrons. The van der Waals surface area contributed by atoms with E-state index in [1.807, 2.05) is 0 Å². The van der Waals surface area contributed by atoms with Crippen LogP contribution < -0.4 is 10.6 Å². The molecular weight excluding hydrogens is 498 g/mol. The lowest BCUT2D eigenvalue weighted by molar-refractivity contribution is -0.143. The number of carboxylic acid groups (broad SMARTS) is 1. The molecule has 36 heavy (non-hydrogen) atoms. The van der Waals surface area contributed by atoms with Gasteiger partial charge in [-0.2, -0.15) is 31.3 Å². The number of rotatable bonds is 5. The maximum absolute atomic E-state index is 13.1. The highest BCUT2D eigenvalue weighted by Crippen LogP contribution is 2.39. The Labute approximate surface area is 198 Å². The summed E-state index contributed by atoms with van der Waals surface area (Å²) in [5.74, 6) is -2.42. The highest BCUT2D eigenvalue weighted by molar-refractivity contribution is 5.98. The first kappa shape index (κ1) is 25.2. The number of carboxylic acids is 1. The molecule has 3 aromatic rings. The number of fused-ring (bicyclic) bond motifs is 1. The normalized spacial score (nSPS) is 14.6. The van der Waals surface area contributed by atoms with Crippen LogP contribution in [0.2, 0.25) is 0 Å². The lowest BCUT2D eigenvalue weighted by Gasteiger charge is -2.18. The van der Waals surface area contributed by atoms with Crippen molar-refractivity contribution in [3.63, 3.8) is 0 Å². The maximum atomic E-state index is 13.1. The smallest absolute Gasteiger partial charge is 0.416 e. The van der Waals surface area contributed by atoms with Crippen molar-refractivity contribution in [2.45, 2.75) is 31.2 Å². The van der Waals surface area contributed by atoms with Crippen molar-refractivity contribution in [2.75, 3.05) is 11.4 Å². The van der Waals surface area contributed by atoms with Crippen LogP contribution in [-0.2, 0) is 28.4 Å². The average Bonchev–Trinajstić information content (AvgIpc) is 3.44. The van der Waals surface area contributed by atoms with Crippen molar-refractivity contribution in [3.05, 3.63) is 53.1 Å². The van der Waals surface area contributed by atoms with Gasteiger partial charge in [-0.15, -0.1) is 0 Å². The molecular formula is C22H16F6N4O4. The molecule has 0 saturated carbocycles. The maximum Gasteiger partial charge on any atom is 0.416 e. The van der Waals surface area contributed by atoms with Gasteiger partial charge in [-0.1, -0.05) is 5.16 Å². The summed E-state index contributed by atoms with van der Waals surface area (Å²) in [4.78, 5) is 28.7. The molecule has 1 aromatic heterocycles. The van der Waals surface area contributed by atoms with Crippen molar-refractivity contribution in [1.29, 1.82) is 0 Å². The first-order chi connectivity index (χ1) is 16.7. The fraction of sp³-hybridized carbons (Fsp3) is 0.273. The van der Waals surface area contributed by atoms with Crippen molar-refractivity contribution in [1.82, 2.24) is 10.1 Å². The summed E-state index contributed by atoms with van der Waals surface area (Å²) in [5.41, 5.74) is 3.37. The minimum Gasteiger partial charge on any atom is -0.480 e. The Morgan fingerprint density at radius 2 is 1.67 bits per heavy atom. The third kappa shape index (κ3) is 5.03. The summed E-state index contributed by atoms with van der Waals surface area (Å²) in [6.45, 7) is 0.270. The minimum atomic E-state index is -5.03. The van der Waals surface area contributed by atoms with E-state index >= 15 is 0 Å². The molecule has 1 aliphatic rings. The molecule has 0 spiro atoms. The molecule has 0 bridgehead atoms. The zero-order chi connectivity index (χ0) is 26.4. The zero-order valence-corrected chi connectivity index (χ0v) is 18.0. The SMILES string of the molecule is N[C@@H](CC(=O)N1CCc2cc(-c3noc(-c4cc(C(F)(F)F)cc(C(F)(F)F)c4)n3)ccc21)C(=O)O. The average molecular weight is 514 g/mol. The first-order valence-electron chi connectivity index (χ1n) is 10.3. The van der Waals surface area contributed by atoms with E-state index in [0.29, 0.717) is 35.4 Å². The fourth-order valence-corrected chi connectivity index (χ4v) is 3.72. The summed E-state index contributed by atoms with van der Waals surface area (Å²) >= 11 is 0. The quantitative estimate of drug-likeness (QED) is 0.491. The molecule has 3 N–H and O–H groups in total. The number of alkyl halides is 6. The second kappa shape index (κ2) is 8.93. The predicted octanol–water partition coefficient (Wildman–Crippen LogP) is 4.13. The first-order valence-corrected chi connectivity index (χ1v) is 10.3. The zero-order valence-electron chi connectivity index (χ0n) is 18.0. The molecule has 0 fully saturated rings. The van der Waals surface area contributed by atoms with Gasteiger partial charge < -0.3 is 20.3 Å². The number of halogens is 6. The number of benzene rings is 2. The number of carbonyl (C=O) groups excluding carboxylic acids is 1. The van der Waals surface area contributed by atoms with Crippen LogP contribution in [0.25, 0.3) is 22.8 Å². The van der Waals surface area contributed by atoms with E-state index in [0.717, 1.165) is 0 Å². The van der Waals surface area contributed by atoms with Gasteiger partial charge in [-0.25, -0.2) is 0 Å². The number of anilines is 1. The molecule has 8 nitrogen and oxygen atoms in total. The van der Waals surface area contributed by atoms with Crippen LogP contribution in [0.4, 0.5) is 32.0 Å². The second-order valence-corrected chi connectivity index (χ2v) is 8.01. The summed E-state index contributed by atoms with van der Waals surface area (Å²) in [7, 11) is 0. The Hall–Kier alpha value is -3.94. The van der Waals surface area contributed by atoms with Crippen LogP contribution in [-0.4, -0.2) is 39.7 Å². The number of aromatic nitrogens is 2. The molecule has 14 heteroatoms. The van der Waals surface area contributed by atoms with Crippen molar-refractivity contribution < 1.29 is 45.6 Å². The summed E-state index contributed by atoms with van der Waals surface area (Å²) < 4.78 is 83.8. The molecule has 190 valence electrons. The van der Waals surface area contributed by atoms with E-state index in [1.165, 1.54) is 11.0 Å². The Kier molecular flexibility index (Phi) is 6.24. The molecule has 0 unspecified atom stereocenters. The van der Waals surface area contributed by atoms with E-state index in [4.69, 9.17) is 15.4 Å². The fourth-order valence-electron chi connectivity index (χ4n) is 3.72. The molecule has 4 rings (SSSR count). The summed E-state index contributed by atoms with van der Waals surface area (Å²) in [5, 5.41) is 12.6. The van der Waals surface area contributed by atoms with Gasteiger partial charge in [0.2, 0.25) is 11.7 Å². The standard InChI is InChI=1S/C22H16F6N4O4/c23-21(24,25)13-6-12(7-14(8-13)22(26,27)28)19-30-18(31-36-19)11-1-2-16-10(5-11)3-4-32(16)17(33)9-15(29)20(34)35/h1-2,5-8,15H,3-4,9,29H2,(H,34,35)/t15-/m0/s1. The van der Waals surface area contributed by atoms with Crippen LogP contribution in [0.5, 0.6) is 0 Å². The van der Waals surface area contributed by atoms with Crippen molar-refractivity contribution >= 4 is 17.6 Å². The van der Waals surface area contributed by atoms with Gasteiger partial charge in [0.1, 0.15) is 6.04 Å². The highest BCUT2D eigenvalue weighted by Gasteiger charge is 2.37. The van der Waals surface area contributed by atoms with Gasteiger partial charge in [0.15, 0.2) is 0 Å². The monoisotopic (exact) mass is 514 g/mol. The van der Waals surface area contributed by atoms with Crippen LogP contribution in [0.15, 0.2) is 40.9 Å². The van der Waals surface area contributed by atoms with Crippen molar-refractivity contribution in [3.8, 4) is 22.8 Å². The number of nitrogens with zero attached hydrogens (tertiary/aromatic N) is 3. The lowest BCUT2D eigenvalue weighted by atomic mass is 10.0. The number of amides is 1. The Balaban J connectivity index is 1.62. The molecule has 0 saturated heterocycles. The van der Waals surface area contributed by atoms with Gasteiger partial charge in [0, 0.05) is 23.4 Å².